The highest BCUT2D eigenvalue weighted by atomic mass is 16.3. The minimum Gasteiger partial charge on any atom is -0.465 e. The third-order valence-electron chi connectivity index (χ3n) is 4.49. The monoisotopic (exact) mass is 320 g/mol. The number of fused-ring (bicyclic) bond motifs is 1. The molecule has 0 N–H and O–H groups in total. The van der Waals surface area contributed by atoms with Crippen molar-refractivity contribution in [1.82, 2.24) is 19.9 Å². The van der Waals surface area contributed by atoms with Gasteiger partial charge in [0.05, 0.1) is 12.2 Å². The Morgan fingerprint density at radius 1 is 1.12 bits per heavy atom. The molecule has 0 radical (unpaired) electrons. The van der Waals surface area contributed by atoms with Crippen LogP contribution in [0.5, 0.6) is 0 Å². The largest absolute Gasteiger partial charge is 0.465 e. The summed E-state index contributed by atoms with van der Waals surface area (Å²) in [5.41, 5.74) is 4.49. The first-order valence-corrected chi connectivity index (χ1v) is 8.30. The second-order valence-electron chi connectivity index (χ2n) is 6.18. The average molecular weight is 320 g/mol. The molecule has 3 aromatic heterocycles. The average Bonchev–Trinajstić information content (AvgIpc) is 2.91. The van der Waals surface area contributed by atoms with Crippen LogP contribution in [0.15, 0.2) is 47.4 Å². The van der Waals surface area contributed by atoms with Crippen molar-refractivity contribution in [3.63, 3.8) is 0 Å². The highest BCUT2D eigenvalue weighted by molar-refractivity contribution is 5.62. The van der Waals surface area contributed by atoms with Gasteiger partial charge < -0.3 is 4.42 Å². The first-order valence-electron chi connectivity index (χ1n) is 8.30. The lowest BCUT2D eigenvalue weighted by atomic mass is 10.0. The van der Waals surface area contributed by atoms with Crippen molar-refractivity contribution < 1.29 is 4.42 Å². The predicted octanol–water partition coefficient (Wildman–Crippen LogP) is 3.04. The van der Waals surface area contributed by atoms with Crippen LogP contribution >= 0.6 is 0 Å². The van der Waals surface area contributed by atoms with Crippen LogP contribution in [-0.2, 0) is 19.4 Å². The van der Waals surface area contributed by atoms with Crippen molar-refractivity contribution in [2.75, 3.05) is 13.1 Å². The van der Waals surface area contributed by atoms with Crippen LogP contribution in [0.4, 0.5) is 0 Å². The van der Waals surface area contributed by atoms with Gasteiger partial charge in [0.25, 0.3) is 0 Å². The third-order valence-corrected chi connectivity index (χ3v) is 4.49. The molecule has 4 rings (SSSR count). The molecule has 0 saturated carbocycles. The highest BCUT2D eigenvalue weighted by Crippen LogP contribution is 2.25. The van der Waals surface area contributed by atoms with E-state index >= 15 is 0 Å². The maximum Gasteiger partial charge on any atom is 0.118 e. The zero-order valence-electron chi connectivity index (χ0n) is 13.8. The Morgan fingerprint density at radius 2 is 2.04 bits per heavy atom. The quantitative estimate of drug-likeness (QED) is 0.742. The van der Waals surface area contributed by atoms with Crippen LogP contribution in [0.3, 0.4) is 0 Å². The maximum atomic E-state index is 5.72. The number of pyridine rings is 1. The lowest BCUT2D eigenvalue weighted by Gasteiger charge is -2.17. The molecule has 1 aliphatic rings. The SMILES string of the molecule is Cc1ccc(CN2CCc3ncnc(-c4cccnc4)c3CC2)o1. The van der Waals surface area contributed by atoms with Gasteiger partial charge in [0.15, 0.2) is 0 Å². The summed E-state index contributed by atoms with van der Waals surface area (Å²) in [6.45, 7) is 4.79. The fraction of sp³-hybridized carbons (Fsp3) is 0.316. The van der Waals surface area contributed by atoms with Crippen LogP contribution in [0.2, 0.25) is 0 Å². The molecular formula is C19H20N4O. The molecule has 3 aromatic rings. The predicted molar refractivity (Wildman–Crippen MR) is 91.4 cm³/mol. The number of nitrogens with zero attached hydrogens (tertiary/aromatic N) is 4. The Kier molecular flexibility index (Phi) is 4.09. The van der Waals surface area contributed by atoms with E-state index in [2.05, 4.69) is 32.0 Å². The van der Waals surface area contributed by atoms with Gasteiger partial charge in [-0.15, -0.1) is 0 Å². The van der Waals surface area contributed by atoms with Crippen molar-refractivity contribution >= 4 is 0 Å². The summed E-state index contributed by atoms with van der Waals surface area (Å²) in [6, 6.07) is 8.10. The van der Waals surface area contributed by atoms with E-state index < -0.39 is 0 Å². The molecule has 24 heavy (non-hydrogen) atoms. The van der Waals surface area contributed by atoms with Gasteiger partial charge >= 0.3 is 0 Å². The first kappa shape index (κ1) is 15.0. The van der Waals surface area contributed by atoms with Crippen molar-refractivity contribution in [1.29, 1.82) is 0 Å². The summed E-state index contributed by atoms with van der Waals surface area (Å²) in [7, 11) is 0. The van der Waals surface area contributed by atoms with E-state index in [1.807, 2.05) is 25.3 Å². The van der Waals surface area contributed by atoms with Crippen LogP contribution in [0.1, 0.15) is 22.8 Å². The van der Waals surface area contributed by atoms with Gasteiger partial charge in [-0.1, -0.05) is 0 Å². The Labute approximate surface area is 141 Å². The zero-order valence-corrected chi connectivity index (χ0v) is 13.8. The minimum absolute atomic E-state index is 0.845. The van der Waals surface area contributed by atoms with E-state index in [0.29, 0.717) is 0 Å². The summed E-state index contributed by atoms with van der Waals surface area (Å²) >= 11 is 0. The lowest BCUT2D eigenvalue weighted by Crippen LogP contribution is -2.25. The van der Waals surface area contributed by atoms with Gasteiger partial charge in [-0.05, 0) is 37.6 Å². The number of hydrogen-bond acceptors (Lipinski definition) is 5. The molecule has 0 spiro atoms. The summed E-state index contributed by atoms with van der Waals surface area (Å²) < 4.78 is 5.72. The van der Waals surface area contributed by atoms with E-state index in [9.17, 15) is 0 Å². The van der Waals surface area contributed by atoms with Gasteiger partial charge in [0.2, 0.25) is 0 Å². The van der Waals surface area contributed by atoms with Gasteiger partial charge in [-0.3, -0.25) is 9.88 Å². The molecular weight excluding hydrogens is 300 g/mol. The van der Waals surface area contributed by atoms with Gasteiger partial charge in [0, 0.05) is 48.7 Å². The van der Waals surface area contributed by atoms with E-state index in [0.717, 1.165) is 60.9 Å². The fourth-order valence-corrected chi connectivity index (χ4v) is 3.27. The zero-order chi connectivity index (χ0) is 16.4. The summed E-state index contributed by atoms with van der Waals surface area (Å²) in [4.78, 5) is 15.7. The number of rotatable bonds is 3. The van der Waals surface area contributed by atoms with E-state index in [4.69, 9.17) is 4.42 Å². The van der Waals surface area contributed by atoms with Crippen LogP contribution in [0.25, 0.3) is 11.3 Å². The molecule has 1 aliphatic heterocycles. The minimum atomic E-state index is 0.845. The topological polar surface area (TPSA) is 55.1 Å². The van der Waals surface area contributed by atoms with Crippen LogP contribution in [0, 0.1) is 6.92 Å². The molecule has 0 amide bonds. The molecule has 0 bridgehead atoms. The number of aryl methyl sites for hydroxylation is 1. The highest BCUT2D eigenvalue weighted by Gasteiger charge is 2.20. The Morgan fingerprint density at radius 3 is 2.83 bits per heavy atom. The van der Waals surface area contributed by atoms with E-state index in [1.165, 1.54) is 5.56 Å². The molecule has 122 valence electrons. The van der Waals surface area contributed by atoms with Gasteiger partial charge in [0.1, 0.15) is 17.8 Å². The molecule has 0 saturated heterocycles. The Balaban J connectivity index is 1.57. The molecule has 4 heterocycles. The van der Waals surface area contributed by atoms with E-state index in [1.54, 1.807) is 12.5 Å². The molecule has 0 fully saturated rings. The second-order valence-corrected chi connectivity index (χ2v) is 6.18. The summed E-state index contributed by atoms with van der Waals surface area (Å²) in [6.07, 6.45) is 7.21. The Hall–Kier alpha value is -2.53. The second kappa shape index (κ2) is 6.53. The first-order chi connectivity index (χ1) is 11.8. The lowest BCUT2D eigenvalue weighted by molar-refractivity contribution is 0.253. The molecule has 0 aliphatic carbocycles. The van der Waals surface area contributed by atoms with Crippen LogP contribution < -0.4 is 0 Å². The standard InChI is InChI=1S/C19H20N4O/c1-14-4-5-16(24-14)12-23-9-6-17-18(7-10-23)21-13-22-19(17)15-3-2-8-20-11-15/h2-5,8,11,13H,6-7,9-10,12H2,1H3. The molecule has 0 unspecified atom stereocenters. The molecule has 0 aromatic carbocycles. The number of hydrogen-bond donors (Lipinski definition) is 0. The molecule has 0 atom stereocenters. The summed E-state index contributed by atoms with van der Waals surface area (Å²) in [5.74, 6) is 1.99. The number of furan rings is 1. The fourth-order valence-electron chi connectivity index (χ4n) is 3.27. The van der Waals surface area contributed by atoms with Crippen molar-refractivity contribution in [3.05, 3.63) is 65.8 Å². The summed E-state index contributed by atoms with van der Waals surface area (Å²) in [5, 5.41) is 0. The van der Waals surface area contributed by atoms with Crippen molar-refractivity contribution in [3.8, 4) is 11.3 Å². The number of aromatic nitrogens is 3. The van der Waals surface area contributed by atoms with Gasteiger partial charge in [-0.2, -0.15) is 0 Å². The van der Waals surface area contributed by atoms with Gasteiger partial charge in [-0.25, -0.2) is 9.97 Å². The van der Waals surface area contributed by atoms with E-state index in [-0.39, 0.29) is 0 Å². The normalized spacial score (nSPS) is 15.0. The smallest absolute Gasteiger partial charge is 0.118 e. The molecule has 5 heteroatoms. The maximum absolute atomic E-state index is 5.72. The Bertz CT molecular complexity index is 828. The van der Waals surface area contributed by atoms with Crippen LogP contribution in [-0.4, -0.2) is 32.9 Å². The van der Waals surface area contributed by atoms with Crippen molar-refractivity contribution in [2.45, 2.75) is 26.3 Å². The third kappa shape index (κ3) is 3.08. The molecule has 5 nitrogen and oxygen atoms in total. The van der Waals surface area contributed by atoms with Crippen molar-refractivity contribution in [2.24, 2.45) is 0 Å².